The first kappa shape index (κ1) is 28.4. The van der Waals surface area contributed by atoms with E-state index < -0.39 is 23.6 Å². The molecule has 9 nitrogen and oxygen atoms in total. The summed E-state index contributed by atoms with van der Waals surface area (Å²) in [5, 5.41) is 4.60. The normalized spacial score (nSPS) is 25.2. The number of ether oxygens (including phenoxy) is 2. The number of rotatable bonds is 6. The van der Waals surface area contributed by atoms with Gasteiger partial charge in [0.1, 0.15) is 17.5 Å². The molecule has 0 N–H and O–H groups in total. The van der Waals surface area contributed by atoms with Gasteiger partial charge in [0.25, 0.3) is 0 Å². The Kier molecular flexibility index (Phi) is 8.13. The summed E-state index contributed by atoms with van der Waals surface area (Å²) in [7, 11) is 0. The summed E-state index contributed by atoms with van der Waals surface area (Å²) < 4.78 is 52.2. The Bertz CT molecular complexity index is 1110. The van der Waals surface area contributed by atoms with Crippen molar-refractivity contribution in [3.63, 3.8) is 0 Å². The molecule has 1 saturated heterocycles. The maximum absolute atomic E-state index is 13.2. The highest BCUT2D eigenvalue weighted by atomic mass is 19.4. The van der Waals surface area contributed by atoms with Gasteiger partial charge in [0.15, 0.2) is 5.82 Å². The van der Waals surface area contributed by atoms with E-state index >= 15 is 0 Å². The number of carbonyl (C=O) groups is 1. The van der Waals surface area contributed by atoms with Crippen molar-refractivity contribution < 1.29 is 27.4 Å². The second-order valence-electron chi connectivity index (χ2n) is 11.3. The summed E-state index contributed by atoms with van der Waals surface area (Å²) in [5.41, 5.74) is -0.264. The first-order valence-corrected chi connectivity index (χ1v) is 13.2. The Hall–Kier alpha value is -2.60. The molecule has 2 aliphatic rings. The van der Waals surface area contributed by atoms with Gasteiger partial charge in [-0.05, 0) is 60.3 Å². The van der Waals surface area contributed by atoms with E-state index in [0.29, 0.717) is 31.0 Å². The minimum atomic E-state index is -4.61. The Morgan fingerprint density at radius 2 is 1.87 bits per heavy atom. The van der Waals surface area contributed by atoms with Gasteiger partial charge >= 0.3 is 12.1 Å². The van der Waals surface area contributed by atoms with Crippen molar-refractivity contribution in [1.82, 2.24) is 29.6 Å². The summed E-state index contributed by atoms with van der Waals surface area (Å²) in [5.74, 6) is -0.288. The minimum absolute atomic E-state index is 0.00281. The van der Waals surface area contributed by atoms with E-state index in [1.54, 1.807) is 0 Å². The van der Waals surface area contributed by atoms with Gasteiger partial charge in [-0.1, -0.05) is 6.92 Å². The Labute approximate surface area is 221 Å². The summed E-state index contributed by atoms with van der Waals surface area (Å²) in [6.07, 6.45) is 0.602. The second-order valence-corrected chi connectivity index (χ2v) is 11.3. The molecule has 1 aliphatic carbocycles. The van der Waals surface area contributed by atoms with Gasteiger partial charge in [-0.15, -0.1) is 0 Å². The van der Waals surface area contributed by atoms with Crippen LogP contribution in [0, 0.1) is 0 Å². The number of carbonyl (C=O) groups excluding carboxylic acids is 1. The fourth-order valence-corrected chi connectivity index (χ4v) is 5.35. The van der Waals surface area contributed by atoms with Crippen LogP contribution in [-0.2, 0) is 20.4 Å². The molecule has 12 heteroatoms. The quantitative estimate of drug-likeness (QED) is 0.485. The molecule has 2 aromatic heterocycles. The van der Waals surface area contributed by atoms with Crippen LogP contribution in [0.15, 0.2) is 12.4 Å². The maximum atomic E-state index is 13.2. The number of aromatic nitrogens is 5. The van der Waals surface area contributed by atoms with Gasteiger partial charge in [-0.3, -0.25) is 9.69 Å². The zero-order valence-electron chi connectivity index (χ0n) is 22.8. The van der Waals surface area contributed by atoms with Gasteiger partial charge in [-0.2, -0.15) is 18.3 Å². The van der Waals surface area contributed by atoms with Crippen molar-refractivity contribution in [3.8, 4) is 11.4 Å². The number of halogens is 3. The number of esters is 1. The van der Waals surface area contributed by atoms with Gasteiger partial charge in [0.05, 0.1) is 18.3 Å². The van der Waals surface area contributed by atoms with Crippen LogP contribution < -0.4 is 0 Å². The van der Waals surface area contributed by atoms with Crippen LogP contribution in [0.5, 0.6) is 0 Å². The van der Waals surface area contributed by atoms with Crippen molar-refractivity contribution in [3.05, 3.63) is 24.0 Å². The van der Waals surface area contributed by atoms with E-state index in [1.807, 2.05) is 46.2 Å². The minimum Gasteiger partial charge on any atom is -0.459 e. The van der Waals surface area contributed by atoms with Crippen LogP contribution in [0.3, 0.4) is 0 Å². The van der Waals surface area contributed by atoms with Crippen LogP contribution in [0.4, 0.5) is 13.2 Å². The predicted octanol–water partition coefficient (Wildman–Crippen LogP) is 4.79. The van der Waals surface area contributed by atoms with Crippen LogP contribution in [0.25, 0.3) is 11.4 Å². The molecule has 2 fully saturated rings. The molecule has 0 bridgehead atoms. The number of hydrogen-bond acceptors (Lipinski definition) is 8. The molecule has 0 spiro atoms. The first-order valence-electron chi connectivity index (χ1n) is 13.2. The zero-order chi connectivity index (χ0) is 27.8. The second kappa shape index (κ2) is 10.9. The largest absolute Gasteiger partial charge is 0.459 e. The predicted molar refractivity (Wildman–Crippen MR) is 133 cm³/mol. The first-order chi connectivity index (χ1) is 17.8. The van der Waals surface area contributed by atoms with Gasteiger partial charge in [0.2, 0.25) is 5.82 Å². The average Bonchev–Trinajstić information content (AvgIpc) is 3.49. The molecule has 1 aliphatic heterocycles. The fraction of sp³-hybridized carbons (Fsp3) is 0.731. The van der Waals surface area contributed by atoms with E-state index in [1.165, 1.54) is 0 Å². The fourth-order valence-electron chi connectivity index (χ4n) is 5.35. The highest BCUT2D eigenvalue weighted by Crippen LogP contribution is 2.40. The molecule has 210 valence electrons. The number of morpholine rings is 1. The summed E-state index contributed by atoms with van der Waals surface area (Å²) in [6.45, 7) is 12.8. The Morgan fingerprint density at radius 3 is 2.45 bits per heavy atom. The third-order valence-electron chi connectivity index (χ3n) is 6.99. The Morgan fingerprint density at radius 1 is 1.18 bits per heavy atom. The van der Waals surface area contributed by atoms with E-state index in [2.05, 4.69) is 20.0 Å². The number of hydrogen-bond donors (Lipinski definition) is 0. The monoisotopic (exact) mass is 538 g/mol. The van der Waals surface area contributed by atoms with Crippen LogP contribution in [-0.4, -0.2) is 72.5 Å². The lowest BCUT2D eigenvalue weighted by atomic mass is 10.00. The topological polar surface area (TPSA) is 95.3 Å². The lowest BCUT2D eigenvalue weighted by Crippen LogP contribution is -2.59. The maximum Gasteiger partial charge on any atom is 0.451 e. The Balaban J connectivity index is 1.56. The highest BCUT2D eigenvalue weighted by molar-refractivity contribution is 5.77. The van der Waals surface area contributed by atoms with Gasteiger partial charge in [-0.25, -0.2) is 19.6 Å². The lowest BCUT2D eigenvalue weighted by Gasteiger charge is -2.43. The molecule has 1 saturated carbocycles. The number of nitrogens with zero attached hydrogens (tertiary/aromatic N) is 6. The summed E-state index contributed by atoms with van der Waals surface area (Å²) >= 11 is 0. The van der Waals surface area contributed by atoms with Crippen LogP contribution >= 0.6 is 0 Å². The molecule has 0 aromatic carbocycles. The van der Waals surface area contributed by atoms with Crippen molar-refractivity contribution in [2.45, 2.75) is 109 Å². The van der Waals surface area contributed by atoms with Crippen molar-refractivity contribution in [2.75, 3.05) is 13.2 Å². The van der Waals surface area contributed by atoms with E-state index in [9.17, 15) is 18.0 Å². The molecular weight excluding hydrogens is 501 g/mol. The zero-order valence-corrected chi connectivity index (χ0v) is 22.8. The molecule has 38 heavy (non-hydrogen) atoms. The highest BCUT2D eigenvalue weighted by Gasteiger charge is 2.45. The van der Waals surface area contributed by atoms with Crippen LogP contribution in [0.2, 0.25) is 0 Å². The molecule has 0 radical (unpaired) electrons. The van der Waals surface area contributed by atoms with E-state index in [0.717, 1.165) is 37.5 Å². The standard InChI is InChI=1S/C26H37F3N6O3/c1-7-19-20(23(36)38-25(4,5)6)34(10-11-37-19)18-9-8-16(12-18)22-32-21(33-35(22)15(2)3)17-13-30-24(31-14-17)26(27,28)29/h13-16,18-20H,7-12H2,1-6H3/t16-,18+,19?,20-/m1/s1. The molecule has 3 heterocycles. The van der Waals surface area contributed by atoms with Crippen molar-refractivity contribution in [2.24, 2.45) is 0 Å². The molecule has 4 rings (SSSR count). The third kappa shape index (κ3) is 6.17. The molecule has 2 aromatic rings. The molecule has 1 unspecified atom stereocenters. The van der Waals surface area contributed by atoms with E-state index in [-0.39, 0.29) is 30.1 Å². The van der Waals surface area contributed by atoms with Crippen molar-refractivity contribution >= 4 is 5.97 Å². The van der Waals surface area contributed by atoms with Crippen LogP contribution in [0.1, 0.15) is 90.8 Å². The van der Waals surface area contributed by atoms with Crippen molar-refractivity contribution in [1.29, 1.82) is 0 Å². The smallest absolute Gasteiger partial charge is 0.451 e. The van der Waals surface area contributed by atoms with Gasteiger partial charge < -0.3 is 9.47 Å². The third-order valence-corrected chi connectivity index (χ3v) is 6.99. The molecule has 0 amide bonds. The average molecular weight is 539 g/mol. The number of alkyl halides is 3. The molecular formula is C26H37F3N6O3. The lowest BCUT2D eigenvalue weighted by molar-refractivity contribution is -0.177. The summed E-state index contributed by atoms with van der Waals surface area (Å²) in [4.78, 5) is 27.1. The summed E-state index contributed by atoms with van der Waals surface area (Å²) in [6, 6.07) is -0.326. The van der Waals surface area contributed by atoms with E-state index in [4.69, 9.17) is 14.5 Å². The molecule has 4 atom stereocenters. The van der Waals surface area contributed by atoms with Gasteiger partial charge in [0, 0.05) is 36.9 Å². The SMILES string of the molecule is CCC1OCCN([C@H]2CC[C@@H](c3nc(-c4cnc(C(F)(F)F)nc4)nn3C(C)C)C2)[C@H]1C(=O)OC(C)(C)C.